The molecule has 0 bridgehead atoms. The summed E-state index contributed by atoms with van der Waals surface area (Å²) in [7, 11) is 0. The highest BCUT2D eigenvalue weighted by molar-refractivity contribution is 5.79. The molecule has 0 aliphatic carbocycles. The van der Waals surface area contributed by atoms with Crippen LogP contribution in [-0.4, -0.2) is 19.1 Å². The van der Waals surface area contributed by atoms with E-state index in [9.17, 15) is 4.79 Å². The maximum absolute atomic E-state index is 12.5. The van der Waals surface area contributed by atoms with Gasteiger partial charge in [-0.25, -0.2) is 0 Å². The van der Waals surface area contributed by atoms with Gasteiger partial charge in [-0.05, 0) is 36.6 Å². The standard InChI is InChI=1S/C20H23NO3/c1-14(12-16-6-4-3-5-7-16)20(22)21-15(2)17-8-9-18-19(13-17)24-11-10-23-18/h3-9,13-15H,10-12H2,1-2H3,(H,21,22). The SMILES string of the molecule is CC(Cc1ccccc1)C(=O)NC(C)c1ccc2c(c1)OCCO2. The Kier molecular flexibility index (Phi) is 5.04. The second-order valence-electron chi connectivity index (χ2n) is 6.22. The van der Waals surface area contributed by atoms with E-state index in [4.69, 9.17) is 9.47 Å². The Hall–Kier alpha value is -2.49. The van der Waals surface area contributed by atoms with Gasteiger partial charge in [-0.1, -0.05) is 43.3 Å². The first-order chi connectivity index (χ1) is 11.6. The number of carbonyl (C=O) groups is 1. The van der Waals surface area contributed by atoms with Gasteiger partial charge < -0.3 is 14.8 Å². The summed E-state index contributed by atoms with van der Waals surface area (Å²) in [4.78, 5) is 12.5. The molecule has 1 heterocycles. The third-order valence-corrected chi connectivity index (χ3v) is 4.26. The molecule has 1 aliphatic rings. The number of amides is 1. The summed E-state index contributed by atoms with van der Waals surface area (Å²) in [5, 5.41) is 3.09. The second kappa shape index (κ2) is 7.39. The summed E-state index contributed by atoms with van der Waals surface area (Å²) in [6, 6.07) is 15.8. The van der Waals surface area contributed by atoms with Crippen molar-refractivity contribution in [1.82, 2.24) is 5.32 Å². The Morgan fingerprint density at radius 1 is 1.04 bits per heavy atom. The maximum atomic E-state index is 12.5. The van der Waals surface area contributed by atoms with E-state index in [1.807, 2.05) is 62.4 Å². The van der Waals surface area contributed by atoms with E-state index in [0.29, 0.717) is 13.2 Å². The number of ether oxygens (including phenoxy) is 2. The predicted molar refractivity (Wildman–Crippen MR) is 93.3 cm³/mol. The van der Waals surface area contributed by atoms with Crippen LogP contribution in [0.25, 0.3) is 0 Å². The molecule has 4 heteroatoms. The molecular weight excluding hydrogens is 302 g/mol. The first-order valence-electron chi connectivity index (χ1n) is 8.37. The minimum atomic E-state index is -0.0773. The number of hydrogen-bond acceptors (Lipinski definition) is 3. The number of benzene rings is 2. The van der Waals surface area contributed by atoms with Crippen molar-refractivity contribution in [2.75, 3.05) is 13.2 Å². The second-order valence-corrected chi connectivity index (χ2v) is 6.22. The lowest BCUT2D eigenvalue weighted by molar-refractivity contribution is -0.125. The van der Waals surface area contributed by atoms with Gasteiger partial charge in [-0.15, -0.1) is 0 Å². The van der Waals surface area contributed by atoms with Crippen molar-refractivity contribution in [1.29, 1.82) is 0 Å². The zero-order chi connectivity index (χ0) is 16.9. The predicted octanol–water partition coefficient (Wildman–Crippen LogP) is 3.51. The Morgan fingerprint density at radius 3 is 2.50 bits per heavy atom. The van der Waals surface area contributed by atoms with Crippen LogP contribution in [-0.2, 0) is 11.2 Å². The number of nitrogens with one attached hydrogen (secondary N) is 1. The Morgan fingerprint density at radius 2 is 1.75 bits per heavy atom. The first kappa shape index (κ1) is 16.4. The van der Waals surface area contributed by atoms with E-state index in [1.165, 1.54) is 5.56 Å². The van der Waals surface area contributed by atoms with Crippen molar-refractivity contribution in [2.45, 2.75) is 26.3 Å². The molecule has 1 aliphatic heterocycles. The molecule has 2 atom stereocenters. The fourth-order valence-corrected chi connectivity index (χ4v) is 2.83. The van der Waals surface area contributed by atoms with Gasteiger partial charge in [0.25, 0.3) is 0 Å². The lowest BCUT2D eigenvalue weighted by atomic mass is 9.99. The van der Waals surface area contributed by atoms with Gasteiger partial charge in [0, 0.05) is 5.92 Å². The molecule has 2 unspecified atom stereocenters. The van der Waals surface area contributed by atoms with Crippen LogP contribution in [0, 0.1) is 5.92 Å². The van der Waals surface area contributed by atoms with Gasteiger partial charge in [0.05, 0.1) is 6.04 Å². The Balaban J connectivity index is 1.61. The van der Waals surface area contributed by atoms with Gasteiger partial charge >= 0.3 is 0 Å². The van der Waals surface area contributed by atoms with Crippen LogP contribution in [0.1, 0.15) is 31.0 Å². The van der Waals surface area contributed by atoms with E-state index < -0.39 is 0 Å². The molecule has 2 aromatic rings. The maximum Gasteiger partial charge on any atom is 0.223 e. The fourth-order valence-electron chi connectivity index (χ4n) is 2.83. The smallest absolute Gasteiger partial charge is 0.223 e. The van der Waals surface area contributed by atoms with Gasteiger partial charge in [0.2, 0.25) is 5.91 Å². The lowest BCUT2D eigenvalue weighted by Crippen LogP contribution is -2.32. The third-order valence-electron chi connectivity index (χ3n) is 4.26. The average Bonchev–Trinajstić information content (AvgIpc) is 2.62. The van der Waals surface area contributed by atoms with E-state index >= 15 is 0 Å². The highest BCUT2D eigenvalue weighted by Crippen LogP contribution is 2.32. The molecule has 0 spiro atoms. The molecule has 1 amide bonds. The van der Waals surface area contributed by atoms with Gasteiger partial charge in [-0.2, -0.15) is 0 Å². The summed E-state index contributed by atoms with van der Waals surface area (Å²) < 4.78 is 11.1. The van der Waals surface area contributed by atoms with Crippen molar-refractivity contribution in [3.8, 4) is 11.5 Å². The molecule has 1 N–H and O–H groups in total. The van der Waals surface area contributed by atoms with E-state index in [0.717, 1.165) is 23.5 Å². The highest BCUT2D eigenvalue weighted by atomic mass is 16.6. The van der Waals surface area contributed by atoms with Crippen molar-refractivity contribution in [3.05, 3.63) is 59.7 Å². The normalized spacial score (nSPS) is 15.4. The minimum Gasteiger partial charge on any atom is -0.486 e. The zero-order valence-corrected chi connectivity index (χ0v) is 14.1. The topological polar surface area (TPSA) is 47.6 Å². The quantitative estimate of drug-likeness (QED) is 0.915. The molecule has 0 saturated heterocycles. The van der Waals surface area contributed by atoms with Crippen molar-refractivity contribution >= 4 is 5.91 Å². The largest absolute Gasteiger partial charge is 0.486 e. The summed E-state index contributed by atoms with van der Waals surface area (Å²) in [5.41, 5.74) is 2.19. The highest BCUT2D eigenvalue weighted by Gasteiger charge is 2.19. The minimum absolute atomic E-state index is 0.0567. The molecule has 3 rings (SSSR count). The Labute approximate surface area is 142 Å². The molecule has 0 saturated carbocycles. The number of fused-ring (bicyclic) bond motifs is 1. The molecule has 4 nitrogen and oxygen atoms in total. The molecule has 2 aromatic carbocycles. The summed E-state index contributed by atoms with van der Waals surface area (Å²) in [6.07, 6.45) is 0.737. The summed E-state index contributed by atoms with van der Waals surface area (Å²) in [6.45, 7) is 5.08. The van der Waals surface area contributed by atoms with E-state index in [1.54, 1.807) is 0 Å². The monoisotopic (exact) mass is 325 g/mol. The Bertz CT molecular complexity index is 699. The summed E-state index contributed by atoms with van der Waals surface area (Å²) >= 11 is 0. The van der Waals surface area contributed by atoms with Crippen molar-refractivity contribution < 1.29 is 14.3 Å². The molecule has 0 aromatic heterocycles. The molecule has 126 valence electrons. The van der Waals surface area contributed by atoms with Gasteiger partial charge in [0.1, 0.15) is 13.2 Å². The molecular formula is C20H23NO3. The van der Waals surface area contributed by atoms with Crippen LogP contribution in [0.4, 0.5) is 0 Å². The third kappa shape index (κ3) is 3.88. The van der Waals surface area contributed by atoms with Crippen LogP contribution in [0.2, 0.25) is 0 Å². The number of hydrogen-bond donors (Lipinski definition) is 1. The number of rotatable bonds is 5. The van der Waals surface area contributed by atoms with E-state index in [2.05, 4.69) is 5.32 Å². The van der Waals surface area contributed by atoms with Crippen LogP contribution < -0.4 is 14.8 Å². The van der Waals surface area contributed by atoms with Crippen LogP contribution in [0.5, 0.6) is 11.5 Å². The van der Waals surface area contributed by atoms with Crippen molar-refractivity contribution in [3.63, 3.8) is 0 Å². The van der Waals surface area contributed by atoms with Crippen LogP contribution >= 0.6 is 0 Å². The average molecular weight is 325 g/mol. The first-order valence-corrected chi connectivity index (χ1v) is 8.37. The van der Waals surface area contributed by atoms with E-state index in [-0.39, 0.29) is 17.9 Å². The fraction of sp³-hybridized carbons (Fsp3) is 0.350. The summed E-state index contributed by atoms with van der Waals surface area (Å²) in [5.74, 6) is 1.49. The lowest BCUT2D eigenvalue weighted by Gasteiger charge is -2.22. The van der Waals surface area contributed by atoms with Crippen LogP contribution in [0.3, 0.4) is 0 Å². The molecule has 24 heavy (non-hydrogen) atoms. The van der Waals surface area contributed by atoms with Crippen molar-refractivity contribution in [2.24, 2.45) is 5.92 Å². The van der Waals surface area contributed by atoms with Gasteiger partial charge in [0.15, 0.2) is 11.5 Å². The molecule has 0 fully saturated rings. The molecule has 0 radical (unpaired) electrons. The number of carbonyl (C=O) groups excluding carboxylic acids is 1. The van der Waals surface area contributed by atoms with Gasteiger partial charge in [-0.3, -0.25) is 4.79 Å². The van der Waals surface area contributed by atoms with Crippen LogP contribution in [0.15, 0.2) is 48.5 Å². The zero-order valence-electron chi connectivity index (χ0n) is 14.1.